The third-order valence-electron chi connectivity index (χ3n) is 4.74. The van der Waals surface area contributed by atoms with Crippen molar-refractivity contribution in [3.8, 4) is 5.75 Å². The van der Waals surface area contributed by atoms with E-state index >= 15 is 0 Å². The molecule has 0 saturated carbocycles. The third kappa shape index (κ3) is 6.23. The maximum Gasteiger partial charge on any atom is 0.219 e. The van der Waals surface area contributed by atoms with E-state index in [9.17, 15) is 4.79 Å². The Bertz CT molecular complexity index is 922. The molecule has 1 aromatic heterocycles. The Morgan fingerprint density at radius 3 is 2.72 bits per heavy atom. The second-order valence-electron chi connectivity index (χ2n) is 7.03. The molecule has 3 aromatic rings. The maximum atomic E-state index is 11.7. The summed E-state index contributed by atoms with van der Waals surface area (Å²) in [5.74, 6) is 1.96. The number of carbonyl (C=O) groups excluding carboxylic acids is 1. The minimum Gasteiger partial charge on any atom is -0.494 e. The first-order chi connectivity index (χ1) is 14.2. The molecule has 0 aliphatic rings. The van der Waals surface area contributed by atoms with Gasteiger partial charge in [-0.05, 0) is 55.7 Å². The highest BCUT2D eigenvalue weighted by Crippen LogP contribution is 2.18. The highest BCUT2D eigenvalue weighted by atomic mass is 35.5. The van der Waals surface area contributed by atoms with Gasteiger partial charge in [-0.2, -0.15) is 0 Å². The van der Waals surface area contributed by atoms with Crippen LogP contribution >= 0.6 is 11.6 Å². The number of hydrogen-bond donors (Lipinski definition) is 1. The van der Waals surface area contributed by atoms with Crippen molar-refractivity contribution in [1.82, 2.24) is 14.9 Å². The van der Waals surface area contributed by atoms with Crippen LogP contribution in [0, 0.1) is 0 Å². The lowest BCUT2D eigenvalue weighted by molar-refractivity contribution is -0.121. The Hall–Kier alpha value is -2.53. The van der Waals surface area contributed by atoms with Gasteiger partial charge in [0.05, 0.1) is 17.6 Å². The summed E-state index contributed by atoms with van der Waals surface area (Å²) in [6, 6.07) is 15.6. The van der Waals surface area contributed by atoms with Gasteiger partial charge in [0.25, 0.3) is 0 Å². The molecule has 1 N–H and O–H groups in total. The van der Waals surface area contributed by atoms with Crippen LogP contribution in [0.5, 0.6) is 5.75 Å². The molecule has 0 unspecified atom stereocenters. The van der Waals surface area contributed by atoms with Crippen molar-refractivity contribution in [3.63, 3.8) is 0 Å². The standard InChI is InChI=1S/C23H28ClN3O2/c1-2-7-23(28)25-15-14-22-26-20-8-3-4-9-21(20)27(22)16-5-6-17-29-19-12-10-18(24)11-13-19/h3-4,8-13H,2,5-7,14-17H2,1H3,(H,25,28). The Kier molecular flexibility index (Phi) is 7.94. The number of benzene rings is 2. The van der Waals surface area contributed by atoms with Crippen molar-refractivity contribution < 1.29 is 9.53 Å². The summed E-state index contributed by atoms with van der Waals surface area (Å²) in [6.07, 6.45) is 4.10. The number of aromatic nitrogens is 2. The van der Waals surface area contributed by atoms with Crippen LogP contribution in [-0.2, 0) is 17.8 Å². The molecule has 0 fully saturated rings. The number of carbonyl (C=O) groups is 1. The normalized spacial score (nSPS) is 11.0. The van der Waals surface area contributed by atoms with E-state index in [0.29, 0.717) is 24.6 Å². The molecule has 0 saturated heterocycles. The number of fused-ring (bicyclic) bond motifs is 1. The van der Waals surface area contributed by atoms with Crippen LogP contribution in [0.3, 0.4) is 0 Å². The zero-order chi connectivity index (χ0) is 20.5. The highest BCUT2D eigenvalue weighted by molar-refractivity contribution is 6.30. The molecule has 0 spiro atoms. The molecule has 154 valence electrons. The first-order valence-electron chi connectivity index (χ1n) is 10.3. The molecule has 5 nitrogen and oxygen atoms in total. The van der Waals surface area contributed by atoms with E-state index < -0.39 is 0 Å². The van der Waals surface area contributed by atoms with Crippen molar-refractivity contribution in [2.45, 2.75) is 45.6 Å². The van der Waals surface area contributed by atoms with E-state index in [1.54, 1.807) is 0 Å². The Balaban J connectivity index is 1.54. The van der Waals surface area contributed by atoms with Crippen LogP contribution in [0.1, 0.15) is 38.4 Å². The number of nitrogens with zero attached hydrogens (tertiary/aromatic N) is 2. The fourth-order valence-corrected chi connectivity index (χ4v) is 3.41. The molecule has 3 rings (SSSR count). The predicted molar refractivity (Wildman–Crippen MR) is 118 cm³/mol. The van der Waals surface area contributed by atoms with Gasteiger partial charge in [0.2, 0.25) is 5.91 Å². The van der Waals surface area contributed by atoms with E-state index in [1.807, 2.05) is 49.4 Å². The first kappa shape index (κ1) is 21.2. The van der Waals surface area contributed by atoms with Gasteiger partial charge in [0.1, 0.15) is 11.6 Å². The molecule has 0 bridgehead atoms. The van der Waals surface area contributed by atoms with Gasteiger partial charge in [0.15, 0.2) is 0 Å². The number of ether oxygens (including phenoxy) is 1. The lowest BCUT2D eigenvalue weighted by Crippen LogP contribution is -2.26. The minimum absolute atomic E-state index is 0.106. The molecular formula is C23H28ClN3O2. The monoisotopic (exact) mass is 413 g/mol. The van der Waals surface area contributed by atoms with Gasteiger partial charge < -0.3 is 14.6 Å². The van der Waals surface area contributed by atoms with E-state index in [1.165, 1.54) is 0 Å². The average Bonchev–Trinajstić information content (AvgIpc) is 3.07. The number of nitrogens with one attached hydrogen (secondary N) is 1. The van der Waals surface area contributed by atoms with Gasteiger partial charge in [-0.15, -0.1) is 0 Å². The SMILES string of the molecule is CCCC(=O)NCCc1nc2ccccc2n1CCCCOc1ccc(Cl)cc1. The number of imidazole rings is 1. The Morgan fingerprint density at radius 2 is 1.93 bits per heavy atom. The Morgan fingerprint density at radius 1 is 1.14 bits per heavy atom. The van der Waals surface area contributed by atoms with E-state index in [2.05, 4.69) is 16.0 Å². The fourth-order valence-electron chi connectivity index (χ4n) is 3.29. The topological polar surface area (TPSA) is 56.2 Å². The van der Waals surface area contributed by atoms with Crippen LogP contribution in [0.15, 0.2) is 48.5 Å². The van der Waals surface area contributed by atoms with Crippen LogP contribution in [0.25, 0.3) is 11.0 Å². The minimum atomic E-state index is 0.106. The van der Waals surface area contributed by atoms with Crippen LogP contribution in [0.4, 0.5) is 0 Å². The summed E-state index contributed by atoms with van der Waals surface area (Å²) in [5, 5.41) is 3.69. The van der Waals surface area contributed by atoms with Gasteiger partial charge in [-0.25, -0.2) is 4.98 Å². The van der Waals surface area contributed by atoms with Crippen molar-refractivity contribution >= 4 is 28.5 Å². The van der Waals surface area contributed by atoms with E-state index in [-0.39, 0.29) is 5.91 Å². The second-order valence-corrected chi connectivity index (χ2v) is 7.46. The van der Waals surface area contributed by atoms with E-state index in [4.69, 9.17) is 21.3 Å². The van der Waals surface area contributed by atoms with Gasteiger partial charge in [-0.3, -0.25) is 4.79 Å². The number of para-hydroxylation sites is 2. The molecule has 0 aliphatic heterocycles. The molecule has 1 amide bonds. The number of aryl methyl sites for hydroxylation is 1. The lowest BCUT2D eigenvalue weighted by atomic mass is 10.2. The number of hydrogen-bond acceptors (Lipinski definition) is 3. The second kappa shape index (κ2) is 10.9. The number of halogens is 1. The molecule has 0 radical (unpaired) electrons. The smallest absolute Gasteiger partial charge is 0.219 e. The van der Waals surface area contributed by atoms with Crippen molar-refractivity contribution in [3.05, 3.63) is 59.4 Å². The molecule has 0 aliphatic carbocycles. The van der Waals surface area contributed by atoms with Crippen molar-refractivity contribution in [2.24, 2.45) is 0 Å². The third-order valence-corrected chi connectivity index (χ3v) is 4.99. The summed E-state index contributed by atoms with van der Waals surface area (Å²) in [4.78, 5) is 16.5. The zero-order valence-corrected chi connectivity index (χ0v) is 17.6. The summed E-state index contributed by atoms with van der Waals surface area (Å²) < 4.78 is 8.05. The fraction of sp³-hybridized carbons (Fsp3) is 0.391. The summed E-state index contributed by atoms with van der Waals surface area (Å²) >= 11 is 5.90. The van der Waals surface area contributed by atoms with Gasteiger partial charge in [0, 0.05) is 31.0 Å². The number of rotatable bonds is 11. The van der Waals surface area contributed by atoms with Crippen LogP contribution in [0.2, 0.25) is 5.02 Å². The predicted octanol–water partition coefficient (Wildman–Crippen LogP) is 5.01. The zero-order valence-electron chi connectivity index (χ0n) is 16.9. The van der Waals surface area contributed by atoms with Gasteiger partial charge in [-0.1, -0.05) is 30.7 Å². The summed E-state index contributed by atoms with van der Waals surface area (Å²) in [7, 11) is 0. The quantitative estimate of drug-likeness (QED) is 0.449. The largest absolute Gasteiger partial charge is 0.494 e. The van der Waals surface area contributed by atoms with Gasteiger partial charge >= 0.3 is 0 Å². The average molecular weight is 414 g/mol. The maximum absolute atomic E-state index is 11.7. The van der Waals surface area contributed by atoms with Crippen LogP contribution in [-0.4, -0.2) is 28.6 Å². The van der Waals surface area contributed by atoms with Crippen LogP contribution < -0.4 is 10.1 Å². The molecule has 1 heterocycles. The molecule has 2 aromatic carbocycles. The number of amides is 1. The van der Waals surface area contributed by atoms with Crippen molar-refractivity contribution in [1.29, 1.82) is 0 Å². The summed E-state index contributed by atoms with van der Waals surface area (Å²) in [5.41, 5.74) is 2.14. The molecule has 29 heavy (non-hydrogen) atoms. The van der Waals surface area contributed by atoms with E-state index in [0.717, 1.165) is 54.8 Å². The molecular weight excluding hydrogens is 386 g/mol. The number of unbranched alkanes of at least 4 members (excludes halogenated alkanes) is 1. The highest BCUT2D eigenvalue weighted by Gasteiger charge is 2.10. The Labute approximate surface area is 177 Å². The van der Waals surface area contributed by atoms with Crippen molar-refractivity contribution in [2.75, 3.05) is 13.2 Å². The first-order valence-corrected chi connectivity index (χ1v) is 10.6. The lowest BCUT2D eigenvalue weighted by Gasteiger charge is -2.11. The molecule has 6 heteroatoms. The molecule has 0 atom stereocenters. The summed E-state index contributed by atoms with van der Waals surface area (Å²) in [6.45, 7) is 4.16.